The predicted octanol–water partition coefficient (Wildman–Crippen LogP) is 3.17. The number of amides is 1. The van der Waals surface area contributed by atoms with Crippen LogP contribution >= 0.6 is 0 Å². The molecule has 2 saturated heterocycles. The largest absolute Gasteiger partial charge is 0.350 e. The lowest BCUT2D eigenvalue weighted by Gasteiger charge is -2.41. The van der Waals surface area contributed by atoms with Crippen molar-refractivity contribution in [1.29, 1.82) is 0 Å². The van der Waals surface area contributed by atoms with E-state index in [2.05, 4.69) is 20.0 Å². The molecule has 2 aliphatic heterocycles. The first-order valence-corrected chi connectivity index (χ1v) is 16.3. The lowest BCUT2D eigenvalue weighted by atomic mass is 9.83. The van der Waals surface area contributed by atoms with Crippen molar-refractivity contribution in [2.24, 2.45) is 5.92 Å². The Bertz CT molecular complexity index is 1390. The molecule has 1 aromatic carbocycles. The molecular formula is C27H36F3N5O4S2. The van der Waals surface area contributed by atoms with Gasteiger partial charge in [0.1, 0.15) is 11.5 Å². The summed E-state index contributed by atoms with van der Waals surface area (Å²) in [5.74, 6) is -4.32. The van der Waals surface area contributed by atoms with Crippen molar-refractivity contribution in [3.8, 4) is 0 Å². The number of sulfonamides is 1. The Morgan fingerprint density at radius 2 is 1.71 bits per heavy atom. The average molecular weight is 616 g/mol. The van der Waals surface area contributed by atoms with E-state index >= 15 is 0 Å². The van der Waals surface area contributed by atoms with E-state index in [0.29, 0.717) is 37.4 Å². The van der Waals surface area contributed by atoms with Gasteiger partial charge in [0.25, 0.3) is 5.91 Å². The van der Waals surface area contributed by atoms with E-state index in [1.807, 2.05) is 0 Å². The zero-order valence-corrected chi connectivity index (χ0v) is 25.1. The molecule has 0 spiro atoms. The van der Waals surface area contributed by atoms with E-state index in [-0.39, 0.29) is 48.0 Å². The number of rotatable bonds is 10. The van der Waals surface area contributed by atoms with E-state index in [1.165, 1.54) is 16.7 Å². The number of carbonyl (C=O) groups is 1. The molecule has 2 aliphatic rings. The Hall–Kier alpha value is -2.42. The second-order valence-corrected chi connectivity index (χ2v) is 15.7. The maximum absolute atomic E-state index is 14.6. The molecule has 2 aromatic rings. The van der Waals surface area contributed by atoms with Crippen LogP contribution in [0.2, 0.25) is 0 Å². The monoisotopic (exact) mass is 615 g/mol. The minimum atomic E-state index is -3.72. The van der Waals surface area contributed by atoms with Crippen LogP contribution in [0.15, 0.2) is 24.5 Å². The molecule has 1 amide bonds. The Kier molecular flexibility index (Phi) is 9.56. The summed E-state index contributed by atoms with van der Waals surface area (Å²) in [5, 5.41) is 2.58. The second-order valence-electron chi connectivity index (χ2n) is 11.7. The second kappa shape index (κ2) is 12.4. The summed E-state index contributed by atoms with van der Waals surface area (Å²) in [6, 6.07) is 0.140. The van der Waals surface area contributed by atoms with Crippen LogP contribution in [0.5, 0.6) is 0 Å². The Labute approximate surface area is 241 Å². The van der Waals surface area contributed by atoms with Gasteiger partial charge >= 0.3 is 0 Å². The first-order valence-electron chi connectivity index (χ1n) is 13.5. The van der Waals surface area contributed by atoms with Gasteiger partial charge in [-0.05, 0) is 77.3 Å². The van der Waals surface area contributed by atoms with E-state index in [1.54, 1.807) is 27.7 Å². The molecule has 2 fully saturated rings. The highest BCUT2D eigenvalue weighted by Crippen LogP contribution is 2.42. The smallest absolute Gasteiger partial charge is 0.271 e. The molecular weight excluding hydrogens is 579 g/mol. The van der Waals surface area contributed by atoms with Gasteiger partial charge in [0, 0.05) is 36.9 Å². The fraction of sp³-hybridized carbons (Fsp3) is 0.593. The number of hydrogen-bond donors (Lipinski definition) is 2. The number of fused-ring (bicyclic) bond motifs is 2. The van der Waals surface area contributed by atoms with Crippen LogP contribution in [0.3, 0.4) is 0 Å². The van der Waals surface area contributed by atoms with Crippen molar-refractivity contribution in [3.05, 3.63) is 58.9 Å². The van der Waals surface area contributed by atoms with Crippen molar-refractivity contribution in [2.75, 3.05) is 12.3 Å². The van der Waals surface area contributed by atoms with Gasteiger partial charge < -0.3 is 5.32 Å². The first kappa shape index (κ1) is 31.5. The summed E-state index contributed by atoms with van der Waals surface area (Å²) in [5.41, 5.74) is 0.710. The average Bonchev–Trinajstić information content (AvgIpc) is 3.17. The van der Waals surface area contributed by atoms with Crippen LogP contribution in [-0.2, 0) is 27.4 Å². The molecule has 14 heteroatoms. The SMILES string of the molecule is Cc1cnc(C(=O)NCCS(=O)(=O)N2C3CCC2CC([C@@H](Cc2cc(F)c(F)cc2F)N[S@@](=O)C(C)(C)C)C3)cn1. The van der Waals surface area contributed by atoms with Crippen LogP contribution in [0, 0.1) is 30.3 Å². The van der Waals surface area contributed by atoms with Gasteiger partial charge in [-0.2, -0.15) is 4.31 Å². The maximum atomic E-state index is 14.6. The normalized spacial score (nSPS) is 22.9. The number of aromatic nitrogens is 2. The number of halogens is 3. The quantitative estimate of drug-likeness (QED) is 0.396. The van der Waals surface area contributed by atoms with Gasteiger partial charge in [-0.1, -0.05) is 0 Å². The summed E-state index contributed by atoms with van der Waals surface area (Å²) in [4.78, 5) is 20.3. The number of nitrogens with zero attached hydrogens (tertiary/aromatic N) is 3. The summed E-state index contributed by atoms with van der Waals surface area (Å²) < 4.78 is 85.8. The molecule has 0 saturated carbocycles. The van der Waals surface area contributed by atoms with Crippen LogP contribution in [0.4, 0.5) is 13.2 Å². The molecule has 226 valence electrons. The van der Waals surface area contributed by atoms with E-state index < -0.39 is 55.2 Å². The molecule has 2 bridgehead atoms. The van der Waals surface area contributed by atoms with E-state index in [9.17, 15) is 30.6 Å². The van der Waals surface area contributed by atoms with Gasteiger partial charge in [0.2, 0.25) is 10.0 Å². The molecule has 3 heterocycles. The van der Waals surface area contributed by atoms with Gasteiger partial charge in [0.15, 0.2) is 11.6 Å². The molecule has 1 aromatic heterocycles. The van der Waals surface area contributed by atoms with Crippen molar-refractivity contribution >= 4 is 26.9 Å². The minimum absolute atomic E-state index is 0.0321. The highest BCUT2D eigenvalue weighted by atomic mass is 32.2. The zero-order valence-electron chi connectivity index (χ0n) is 23.5. The highest BCUT2D eigenvalue weighted by molar-refractivity contribution is 7.89. The molecule has 4 rings (SSSR count). The van der Waals surface area contributed by atoms with E-state index in [0.717, 1.165) is 6.07 Å². The number of hydrogen-bond acceptors (Lipinski definition) is 6. The van der Waals surface area contributed by atoms with Crippen LogP contribution < -0.4 is 10.0 Å². The standard InChI is InChI=1S/C27H36F3N5O4S2/c1-16-14-33-25(15-32-16)26(36)31-7-8-41(38,39)35-19-5-6-20(35)10-18(9-19)24(34-40(37)27(2,3)4)12-17-11-22(29)23(30)13-21(17)28/h11,13-15,18-20,24,34H,5-10,12H2,1-4H3,(H,31,36)/t18?,19?,20?,24-,40+/m1/s1. The zero-order chi connectivity index (χ0) is 30.1. The highest BCUT2D eigenvalue weighted by Gasteiger charge is 2.48. The molecule has 2 unspecified atom stereocenters. The molecule has 0 aliphatic carbocycles. The van der Waals surface area contributed by atoms with Gasteiger partial charge in [-0.15, -0.1) is 0 Å². The topological polar surface area (TPSA) is 121 Å². The Morgan fingerprint density at radius 3 is 2.29 bits per heavy atom. The van der Waals surface area contributed by atoms with Crippen LogP contribution in [0.1, 0.15) is 68.2 Å². The number of carbonyl (C=O) groups excluding carboxylic acids is 1. The molecule has 41 heavy (non-hydrogen) atoms. The van der Waals surface area contributed by atoms with Crippen molar-refractivity contribution in [3.63, 3.8) is 0 Å². The van der Waals surface area contributed by atoms with Gasteiger partial charge in [-0.25, -0.2) is 35.5 Å². The fourth-order valence-corrected chi connectivity index (χ4v) is 8.30. The number of piperidine rings is 1. The summed E-state index contributed by atoms with van der Waals surface area (Å²) >= 11 is 0. The lowest BCUT2D eigenvalue weighted by Crippen LogP contribution is -2.53. The summed E-state index contributed by atoms with van der Waals surface area (Å²) in [6.45, 7) is 7.00. The molecule has 0 radical (unpaired) electrons. The molecule has 2 N–H and O–H groups in total. The first-order chi connectivity index (χ1) is 19.2. The van der Waals surface area contributed by atoms with Gasteiger partial charge in [0.05, 0.1) is 33.4 Å². The van der Waals surface area contributed by atoms with Crippen molar-refractivity contribution < 1.29 is 30.6 Å². The Morgan fingerprint density at radius 1 is 1.07 bits per heavy atom. The van der Waals surface area contributed by atoms with Crippen LogP contribution in [0.25, 0.3) is 0 Å². The minimum Gasteiger partial charge on any atom is -0.350 e. The maximum Gasteiger partial charge on any atom is 0.271 e. The fourth-order valence-electron chi connectivity index (χ4n) is 5.53. The number of nitrogens with one attached hydrogen (secondary N) is 2. The number of aryl methyl sites for hydroxylation is 1. The summed E-state index contributed by atoms with van der Waals surface area (Å²) in [6.07, 6.45) is 4.90. The molecule has 9 nitrogen and oxygen atoms in total. The third-order valence-corrected chi connectivity index (χ3v) is 11.2. The summed E-state index contributed by atoms with van der Waals surface area (Å²) in [7, 11) is -5.26. The third kappa shape index (κ3) is 7.51. The van der Waals surface area contributed by atoms with Crippen molar-refractivity contribution in [1.82, 2.24) is 24.3 Å². The van der Waals surface area contributed by atoms with Crippen molar-refractivity contribution in [2.45, 2.75) is 82.7 Å². The third-order valence-electron chi connectivity index (χ3n) is 7.60. The van der Waals surface area contributed by atoms with Gasteiger partial charge in [-0.3, -0.25) is 9.78 Å². The van der Waals surface area contributed by atoms with E-state index in [4.69, 9.17) is 0 Å². The Balaban J connectivity index is 1.45. The molecule has 4 atom stereocenters. The number of benzene rings is 1. The van der Waals surface area contributed by atoms with Crippen LogP contribution in [-0.4, -0.2) is 68.0 Å². The lowest BCUT2D eigenvalue weighted by molar-refractivity contribution is 0.0950. The predicted molar refractivity (Wildman–Crippen MR) is 149 cm³/mol.